The Morgan fingerprint density at radius 3 is 2.71 bits per heavy atom. The molecule has 2 N–H and O–H groups in total. The molecule has 14 heavy (non-hydrogen) atoms. The van der Waals surface area contributed by atoms with Crippen molar-refractivity contribution in [1.29, 1.82) is 0 Å². The van der Waals surface area contributed by atoms with Gasteiger partial charge >= 0.3 is 6.18 Å². The Labute approximate surface area is 78.9 Å². The second-order valence-corrected chi connectivity index (χ2v) is 2.84. The van der Waals surface area contributed by atoms with Crippen molar-refractivity contribution in [2.45, 2.75) is 32.1 Å². The maximum Gasteiger partial charge on any atom is 0.404 e. The standard InChI is InChI=1S/C7H11F3N4/c1-2-14-6(12-4-13-14)3-5(11)7(8,9)10/h4-5H,2-3,11H2,1H3. The zero-order valence-electron chi connectivity index (χ0n) is 7.62. The average Bonchev–Trinajstić information content (AvgIpc) is 2.50. The number of hydrogen-bond donors (Lipinski definition) is 1. The zero-order chi connectivity index (χ0) is 10.8. The molecule has 1 atom stereocenters. The van der Waals surface area contributed by atoms with Crippen LogP contribution in [-0.2, 0) is 13.0 Å². The number of hydrogen-bond acceptors (Lipinski definition) is 3. The molecule has 1 aromatic rings. The summed E-state index contributed by atoms with van der Waals surface area (Å²) in [4.78, 5) is 3.71. The predicted molar refractivity (Wildman–Crippen MR) is 43.4 cm³/mol. The minimum absolute atomic E-state index is 0.261. The number of aromatic nitrogens is 3. The molecule has 0 saturated carbocycles. The summed E-state index contributed by atoms with van der Waals surface area (Å²) in [6, 6.07) is -1.88. The third-order valence-electron chi connectivity index (χ3n) is 1.82. The first-order chi connectivity index (χ1) is 6.45. The molecule has 0 bridgehead atoms. The summed E-state index contributed by atoms with van der Waals surface area (Å²) in [5.74, 6) is 0.261. The lowest BCUT2D eigenvalue weighted by atomic mass is 10.2. The Bertz CT molecular complexity index is 293. The lowest BCUT2D eigenvalue weighted by Gasteiger charge is -2.14. The van der Waals surface area contributed by atoms with E-state index in [0.29, 0.717) is 6.54 Å². The minimum Gasteiger partial charge on any atom is -0.320 e. The molecule has 0 aliphatic rings. The number of halogens is 3. The minimum atomic E-state index is -4.38. The molecule has 0 fully saturated rings. The summed E-state index contributed by atoms with van der Waals surface area (Å²) in [5, 5.41) is 3.75. The maximum atomic E-state index is 12.1. The molecule has 7 heteroatoms. The van der Waals surface area contributed by atoms with Gasteiger partial charge in [-0.2, -0.15) is 18.3 Å². The monoisotopic (exact) mass is 208 g/mol. The van der Waals surface area contributed by atoms with Gasteiger partial charge in [0.05, 0.1) is 0 Å². The molecule has 0 aliphatic heterocycles. The Morgan fingerprint density at radius 1 is 1.57 bits per heavy atom. The molecule has 0 radical (unpaired) electrons. The van der Waals surface area contributed by atoms with Crippen LogP contribution < -0.4 is 5.73 Å². The predicted octanol–water partition coefficient (Wildman–Crippen LogP) is 0.730. The van der Waals surface area contributed by atoms with Crippen molar-refractivity contribution < 1.29 is 13.2 Å². The first kappa shape index (κ1) is 11.0. The van der Waals surface area contributed by atoms with Gasteiger partial charge < -0.3 is 5.73 Å². The third kappa shape index (κ3) is 2.44. The number of aryl methyl sites for hydroxylation is 1. The average molecular weight is 208 g/mol. The van der Waals surface area contributed by atoms with E-state index in [9.17, 15) is 13.2 Å². The first-order valence-electron chi connectivity index (χ1n) is 4.14. The van der Waals surface area contributed by atoms with E-state index in [1.807, 2.05) is 0 Å². The molecule has 1 rings (SSSR count). The molecule has 1 unspecified atom stereocenters. The van der Waals surface area contributed by atoms with Crippen LogP contribution in [0.5, 0.6) is 0 Å². The highest BCUT2D eigenvalue weighted by Gasteiger charge is 2.37. The number of nitrogens with zero attached hydrogens (tertiary/aromatic N) is 3. The Hall–Kier alpha value is -1.11. The molecule has 80 valence electrons. The largest absolute Gasteiger partial charge is 0.404 e. The van der Waals surface area contributed by atoms with Crippen LogP contribution in [0, 0.1) is 0 Å². The van der Waals surface area contributed by atoms with Crippen LogP contribution in [0.2, 0.25) is 0 Å². The van der Waals surface area contributed by atoms with Crippen LogP contribution >= 0.6 is 0 Å². The van der Waals surface area contributed by atoms with Gasteiger partial charge in [-0.15, -0.1) is 0 Å². The molecule has 1 aromatic heterocycles. The third-order valence-corrected chi connectivity index (χ3v) is 1.82. The molecular formula is C7H11F3N4. The molecule has 0 aliphatic carbocycles. The van der Waals surface area contributed by atoms with E-state index in [-0.39, 0.29) is 12.2 Å². The van der Waals surface area contributed by atoms with Crippen molar-refractivity contribution in [3.8, 4) is 0 Å². The van der Waals surface area contributed by atoms with Crippen molar-refractivity contribution in [3.63, 3.8) is 0 Å². The van der Waals surface area contributed by atoms with Crippen molar-refractivity contribution in [3.05, 3.63) is 12.2 Å². The summed E-state index contributed by atoms with van der Waals surface area (Å²) in [5.41, 5.74) is 4.96. The lowest BCUT2D eigenvalue weighted by molar-refractivity contribution is -0.147. The van der Waals surface area contributed by atoms with Gasteiger partial charge in [0.1, 0.15) is 18.2 Å². The topological polar surface area (TPSA) is 56.7 Å². The SMILES string of the molecule is CCn1ncnc1CC(N)C(F)(F)F. The van der Waals surface area contributed by atoms with Crippen LogP contribution in [0.1, 0.15) is 12.7 Å². The summed E-state index contributed by atoms with van der Waals surface area (Å²) in [6.45, 7) is 2.26. The molecule has 0 saturated heterocycles. The second-order valence-electron chi connectivity index (χ2n) is 2.84. The van der Waals surface area contributed by atoms with E-state index in [1.165, 1.54) is 11.0 Å². The van der Waals surface area contributed by atoms with Crippen molar-refractivity contribution in [2.24, 2.45) is 5.73 Å². The van der Waals surface area contributed by atoms with Gasteiger partial charge in [0.15, 0.2) is 0 Å². The van der Waals surface area contributed by atoms with Crippen LogP contribution in [0.15, 0.2) is 6.33 Å². The van der Waals surface area contributed by atoms with Gasteiger partial charge in [0, 0.05) is 13.0 Å². The lowest BCUT2D eigenvalue weighted by Crippen LogP contribution is -2.39. The number of rotatable bonds is 3. The number of alkyl halides is 3. The fourth-order valence-corrected chi connectivity index (χ4v) is 1.02. The molecule has 4 nitrogen and oxygen atoms in total. The summed E-state index contributed by atoms with van der Waals surface area (Å²) in [7, 11) is 0. The van der Waals surface area contributed by atoms with Crippen molar-refractivity contribution in [1.82, 2.24) is 14.8 Å². The Morgan fingerprint density at radius 2 is 2.21 bits per heavy atom. The van der Waals surface area contributed by atoms with E-state index in [2.05, 4.69) is 10.1 Å². The molecule has 1 heterocycles. The van der Waals surface area contributed by atoms with Gasteiger partial charge in [-0.3, -0.25) is 4.68 Å². The maximum absolute atomic E-state index is 12.1. The molecule has 0 amide bonds. The highest BCUT2D eigenvalue weighted by atomic mass is 19.4. The highest BCUT2D eigenvalue weighted by molar-refractivity contribution is 4.91. The van der Waals surface area contributed by atoms with Gasteiger partial charge in [-0.25, -0.2) is 4.98 Å². The van der Waals surface area contributed by atoms with E-state index in [4.69, 9.17) is 5.73 Å². The summed E-state index contributed by atoms with van der Waals surface area (Å²) < 4.78 is 37.7. The van der Waals surface area contributed by atoms with Gasteiger partial charge in [0.25, 0.3) is 0 Å². The zero-order valence-corrected chi connectivity index (χ0v) is 7.62. The first-order valence-corrected chi connectivity index (χ1v) is 4.14. The van der Waals surface area contributed by atoms with Crippen LogP contribution in [0.3, 0.4) is 0 Å². The van der Waals surface area contributed by atoms with Gasteiger partial charge in [0.2, 0.25) is 0 Å². The molecule has 0 aromatic carbocycles. The highest BCUT2D eigenvalue weighted by Crippen LogP contribution is 2.20. The van der Waals surface area contributed by atoms with Gasteiger partial charge in [-0.1, -0.05) is 0 Å². The normalized spacial score (nSPS) is 14.4. The summed E-state index contributed by atoms with van der Waals surface area (Å²) in [6.07, 6.45) is -3.50. The van der Waals surface area contributed by atoms with Crippen LogP contribution in [0.4, 0.5) is 13.2 Å². The Balaban J connectivity index is 2.69. The second kappa shape index (κ2) is 3.95. The fourth-order valence-electron chi connectivity index (χ4n) is 1.02. The summed E-state index contributed by atoms with van der Waals surface area (Å²) >= 11 is 0. The van der Waals surface area contributed by atoms with Crippen LogP contribution in [0.25, 0.3) is 0 Å². The van der Waals surface area contributed by atoms with Crippen LogP contribution in [-0.4, -0.2) is 27.0 Å². The smallest absolute Gasteiger partial charge is 0.320 e. The number of nitrogens with two attached hydrogens (primary N) is 1. The van der Waals surface area contributed by atoms with Gasteiger partial charge in [-0.05, 0) is 6.92 Å². The van der Waals surface area contributed by atoms with E-state index >= 15 is 0 Å². The van der Waals surface area contributed by atoms with Crippen molar-refractivity contribution in [2.75, 3.05) is 0 Å². The van der Waals surface area contributed by atoms with Crippen molar-refractivity contribution >= 4 is 0 Å². The van der Waals surface area contributed by atoms with E-state index < -0.39 is 12.2 Å². The van der Waals surface area contributed by atoms with E-state index in [0.717, 1.165) is 0 Å². The fraction of sp³-hybridized carbons (Fsp3) is 0.714. The Kier molecular flexibility index (Phi) is 3.10. The molecular weight excluding hydrogens is 197 g/mol. The molecule has 0 spiro atoms. The quantitative estimate of drug-likeness (QED) is 0.796. The van der Waals surface area contributed by atoms with E-state index in [1.54, 1.807) is 6.92 Å².